The van der Waals surface area contributed by atoms with Gasteiger partial charge >= 0.3 is 5.97 Å². The number of rotatable bonds is 5. The Bertz CT molecular complexity index is 551. The SMILES string of the molecule is Cc1cc(CNCc2cccc(C(=O)O)n2)no1. The Morgan fingerprint density at radius 2 is 2.17 bits per heavy atom. The smallest absolute Gasteiger partial charge is 0.354 e. The van der Waals surface area contributed by atoms with Gasteiger partial charge in [0.05, 0.1) is 11.4 Å². The third kappa shape index (κ3) is 3.14. The molecule has 0 aliphatic heterocycles. The van der Waals surface area contributed by atoms with Gasteiger partial charge in [-0.15, -0.1) is 0 Å². The second kappa shape index (κ2) is 5.42. The Morgan fingerprint density at radius 3 is 2.83 bits per heavy atom. The van der Waals surface area contributed by atoms with Crippen molar-refractivity contribution in [3.05, 3.63) is 47.1 Å². The number of carboxylic acid groups (broad SMARTS) is 1. The van der Waals surface area contributed by atoms with Crippen molar-refractivity contribution in [2.75, 3.05) is 0 Å². The molecule has 6 heteroatoms. The summed E-state index contributed by atoms with van der Waals surface area (Å²) in [5, 5.41) is 15.8. The number of aromatic carboxylic acids is 1. The lowest BCUT2D eigenvalue weighted by molar-refractivity contribution is 0.0690. The van der Waals surface area contributed by atoms with Crippen molar-refractivity contribution in [1.82, 2.24) is 15.5 Å². The summed E-state index contributed by atoms with van der Waals surface area (Å²) in [6, 6.07) is 6.75. The van der Waals surface area contributed by atoms with Crippen LogP contribution in [0.15, 0.2) is 28.8 Å². The minimum Gasteiger partial charge on any atom is -0.477 e. The lowest BCUT2D eigenvalue weighted by Crippen LogP contribution is -2.15. The summed E-state index contributed by atoms with van der Waals surface area (Å²) < 4.78 is 4.93. The van der Waals surface area contributed by atoms with Crippen LogP contribution in [0.2, 0.25) is 0 Å². The van der Waals surface area contributed by atoms with E-state index in [0.29, 0.717) is 18.8 Å². The summed E-state index contributed by atoms with van der Waals surface area (Å²) in [5.41, 5.74) is 1.53. The molecule has 0 bridgehead atoms. The van der Waals surface area contributed by atoms with E-state index in [2.05, 4.69) is 15.5 Å². The highest BCUT2D eigenvalue weighted by Crippen LogP contribution is 2.02. The highest BCUT2D eigenvalue weighted by molar-refractivity contribution is 5.85. The Hall–Kier alpha value is -2.21. The number of aryl methyl sites for hydroxylation is 1. The molecule has 18 heavy (non-hydrogen) atoms. The monoisotopic (exact) mass is 247 g/mol. The quantitative estimate of drug-likeness (QED) is 0.829. The Labute approximate surface area is 104 Å². The first-order chi connectivity index (χ1) is 8.65. The predicted octanol–water partition coefficient (Wildman–Crippen LogP) is 1.37. The molecule has 94 valence electrons. The van der Waals surface area contributed by atoms with Crippen molar-refractivity contribution in [2.45, 2.75) is 20.0 Å². The minimum atomic E-state index is -1.02. The molecule has 0 fully saturated rings. The fourth-order valence-electron chi connectivity index (χ4n) is 1.52. The molecule has 0 aliphatic rings. The maximum atomic E-state index is 10.7. The van der Waals surface area contributed by atoms with Gasteiger partial charge in [0.15, 0.2) is 0 Å². The summed E-state index contributed by atoms with van der Waals surface area (Å²) in [7, 11) is 0. The van der Waals surface area contributed by atoms with Crippen molar-refractivity contribution in [3.8, 4) is 0 Å². The van der Waals surface area contributed by atoms with Gasteiger partial charge in [-0.3, -0.25) is 0 Å². The highest BCUT2D eigenvalue weighted by Gasteiger charge is 2.05. The number of nitrogens with zero attached hydrogens (tertiary/aromatic N) is 2. The fourth-order valence-corrected chi connectivity index (χ4v) is 1.52. The molecule has 0 atom stereocenters. The lowest BCUT2D eigenvalue weighted by atomic mass is 10.3. The molecule has 0 aliphatic carbocycles. The van der Waals surface area contributed by atoms with Gasteiger partial charge in [0.1, 0.15) is 11.5 Å². The molecule has 2 heterocycles. The zero-order valence-electron chi connectivity index (χ0n) is 9.88. The molecule has 0 saturated carbocycles. The van der Waals surface area contributed by atoms with Gasteiger partial charge < -0.3 is 14.9 Å². The summed E-state index contributed by atoms with van der Waals surface area (Å²) in [4.78, 5) is 14.7. The van der Waals surface area contributed by atoms with E-state index in [1.807, 2.05) is 13.0 Å². The van der Waals surface area contributed by atoms with Crippen LogP contribution in [0, 0.1) is 6.92 Å². The van der Waals surface area contributed by atoms with Crippen LogP contribution in [0.3, 0.4) is 0 Å². The molecule has 0 spiro atoms. The number of hydrogen-bond acceptors (Lipinski definition) is 5. The van der Waals surface area contributed by atoms with Crippen LogP contribution < -0.4 is 5.32 Å². The third-order valence-corrected chi connectivity index (χ3v) is 2.31. The minimum absolute atomic E-state index is 0.0478. The van der Waals surface area contributed by atoms with Gasteiger partial charge in [0.25, 0.3) is 0 Å². The molecular formula is C12H13N3O3. The number of pyridine rings is 1. The Kier molecular flexibility index (Phi) is 3.69. The van der Waals surface area contributed by atoms with Crippen molar-refractivity contribution >= 4 is 5.97 Å². The first-order valence-electron chi connectivity index (χ1n) is 5.47. The Morgan fingerprint density at radius 1 is 1.39 bits per heavy atom. The standard InChI is InChI=1S/C12H13N3O3/c1-8-5-10(15-18-8)7-13-6-9-3-2-4-11(14-9)12(16)17/h2-5,13H,6-7H2,1H3,(H,16,17). The number of carboxylic acids is 1. The number of carbonyl (C=O) groups is 1. The average Bonchev–Trinajstić information content (AvgIpc) is 2.75. The van der Waals surface area contributed by atoms with E-state index in [9.17, 15) is 4.79 Å². The molecule has 0 amide bonds. The zero-order chi connectivity index (χ0) is 13.0. The lowest BCUT2D eigenvalue weighted by Gasteiger charge is -2.02. The van der Waals surface area contributed by atoms with E-state index in [1.165, 1.54) is 6.07 Å². The second-order valence-corrected chi connectivity index (χ2v) is 3.85. The maximum absolute atomic E-state index is 10.7. The molecule has 0 radical (unpaired) electrons. The van der Waals surface area contributed by atoms with E-state index >= 15 is 0 Å². The zero-order valence-corrected chi connectivity index (χ0v) is 9.88. The number of aromatic nitrogens is 2. The molecule has 2 aromatic rings. The average molecular weight is 247 g/mol. The van der Waals surface area contributed by atoms with Crippen molar-refractivity contribution < 1.29 is 14.4 Å². The van der Waals surface area contributed by atoms with E-state index in [-0.39, 0.29) is 5.69 Å². The molecule has 0 unspecified atom stereocenters. The molecule has 2 aromatic heterocycles. The van der Waals surface area contributed by atoms with Gasteiger partial charge in [-0.2, -0.15) is 0 Å². The molecule has 0 aromatic carbocycles. The molecule has 6 nitrogen and oxygen atoms in total. The third-order valence-electron chi connectivity index (χ3n) is 2.31. The van der Waals surface area contributed by atoms with Crippen molar-refractivity contribution in [1.29, 1.82) is 0 Å². The fraction of sp³-hybridized carbons (Fsp3) is 0.250. The summed E-state index contributed by atoms with van der Waals surface area (Å²) in [5.74, 6) is -0.262. The summed E-state index contributed by atoms with van der Waals surface area (Å²) >= 11 is 0. The van der Waals surface area contributed by atoms with Crippen LogP contribution in [0.4, 0.5) is 0 Å². The van der Waals surface area contributed by atoms with Crippen LogP contribution in [-0.4, -0.2) is 21.2 Å². The molecule has 2 rings (SSSR count). The second-order valence-electron chi connectivity index (χ2n) is 3.85. The van der Waals surface area contributed by atoms with Gasteiger partial charge in [0.2, 0.25) is 0 Å². The van der Waals surface area contributed by atoms with E-state index in [4.69, 9.17) is 9.63 Å². The van der Waals surface area contributed by atoms with E-state index < -0.39 is 5.97 Å². The first kappa shape index (κ1) is 12.3. The van der Waals surface area contributed by atoms with E-state index in [1.54, 1.807) is 12.1 Å². The largest absolute Gasteiger partial charge is 0.477 e. The molecule has 2 N–H and O–H groups in total. The first-order valence-corrected chi connectivity index (χ1v) is 5.47. The predicted molar refractivity (Wildman–Crippen MR) is 63.0 cm³/mol. The number of nitrogens with one attached hydrogen (secondary N) is 1. The van der Waals surface area contributed by atoms with Crippen LogP contribution in [-0.2, 0) is 13.1 Å². The van der Waals surface area contributed by atoms with Crippen molar-refractivity contribution in [3.63, 3.8) is 0 Å². The summed E-state index contributed by atoms with van der Waals surface area (Å²) in [6.07, 6.45) is 0. The van der Waals surface area contributed by atoms with Crippen LogP contribution in [0.25, 0.3) is 0 Å². The van der Waals surface area contributed by atoms with Crippen LogP contribution >= 0.6 is 0 Å². The topological polar surface area (TPSA) is 88.2 Å². The molecule has 0 saturated heterocycles. The van der Waals surface area contributed by atoms with Gasteiger partial charge in [-0.05, 0) is 19.1 Å². The van der Waals surface area contributed by atoms with Crippen molar-refractivity contribution in [2.24, 2.45) is 0 Å². The number of hydrogen-bond donors (Lipinski definition) is 2. The normalized spacial score (nSPS) is 10.5. The Balaban J connectivity index is 1.90. The molecular weight excluding hydrogens is 234 g/mol. The van der Waals surface area contributed by atoms with Crippen LogP contribution in [0.5, 0.6) is 0 Å². The van der Waals surface area contributed by atoms with Gasteiger partial charge in [-0.1, -0.05) is 11.2 Å². The van der Waals surface area contributed by atoms with Gasteiger partial charge in [0, 0.05) is 19.2 Å². The van der Waals surface area contributed by atoms with E-state index in [0.717, 1.165) is 11.5 Å². The van der Waals surface area contributed by atoms with Crippen LogP contribution in [0.1, 0.15) is 27.6 Å². The van der Waals surface area contributed by atoms with Gasteiger partial charge in [-0.25, -0.2) is 9.78 Å². The highest BCUT2D eigenvalue weighted by atomic mass is 16.5. The maximum Gasteiger partial charge on any atom is 0.354 e. The summed E-state index contributed by atoms with van der Waals surface area (Å²) in [6.45, 7) is 2.86.